The Morgan fingerprint density at radius 2 is 1.71 bits per heavy atom. The summed E-state index contributed by atoms with van der Waals surface area (Å²) in [6.45, 7) is 2.92. The van der Waals surface area contributed by atoms with Crippen molar-refractivity contribution in [1.29, 1.82) is 0 Å². The molecule has 0 spiro atoms. The summed E-state index contributed by atoms with van der Waals surface area (Å²) >= 11 is 0. The van der Waals surface area contributed by atoms with Crippen LogP contribution in [0.4, 0.5) is 10.1 Å². The average Bonchev–Trinajstić information content (AvgIpc) is 2.77. The molecular formula is C24H28FN3O3. The molecule has 31 heavy (non-hydrogen) atoms. The molecule has 1 saturated carbocycles. The number of carbonyl (C=O) groups is 2. The Bertz CT molecular complexity index is 907. The molecule has 1 saturated heterocycles. The van der Waals surface area contributed by atoms with Crippen LogP contribution < -0.4 is 15.0 Å². The maximum Gasteiger partial charge on any atom is 0.255 e. The largest absolute Gasteiger partial charge is 0.490 e. The topological polar surface area (TPSA) is 61.9 Å². The van der Waals surface area contributed by atoms with E-state index in [2.05, 4.69) is 10.2 Å². The quantitative estimate of drug-likeness (QED) is 0.740. The summed E-state index contributed by atoms with van der Waals surface area (Å²) in [7, 11) is 0. The van der Waals surface area contributed by atoms with E-state index in [9.17, 15) is 14.0 Å². The van der Waals surface area contributed by atoms with Gasteiger partial charge in [0.25, 0.3) is 5.91 Å². The van der Waals surface area contributed by atoms with Gasteiger partial charge in [0, 0.05) is 44.8 Å². The van der Waals surface area contributed by atoms with Gasteiger partial charge in [-0.05, 0) is 55.7 Å². The molecule has 4 rings (SSSR count). The molecular weight excluding hydrogens is 397 g/mol. The number of amides is 2. The summed E-state index contributed by atoms with van der Waals surface area (Å²) in [5.41, 5.74) is 1.47. The lowest BCUT2D eigenvalue weighted by Gasteiger charge is -2.36. The van der Waals surface area contributed by atoms with Crippen LogP contribution in [0.5, 0.6) is 5.75 Å². The number of nitrogens with zero attached hydrogens (tertiary/aromatic N) is 2. The summed E-state index contributed by atoms with van der Waals surface area (Å²) in [6.07, 6.45) is 3.68. The zero-order valence-corrected chi connectivity index (χ0v) is 17.6. The Morgan fingerprint density at radius 3 is 2.39 bits per heavy atom. The standard InChI is InChI=1S/C24H28FN3O3/c25-18-8-10-19(11-9-18)27-14-16-28(17-15-27)23(29)12-13-26-24(30)21-6-1-2-7-22(21)31-20-4-3-5-20/h1-2,6-11,20H,3-5,12-17H2,(H,26,30). The fraction of sp³-hybridized carbons (Fsp3) is 0.417. The summed E-state index contributed by atoms with van der Waals surface area (Å²) in [6, 6.07) is 13.7. The number of piperazine rings is 1. The molecule has 164 valence electrons. The van der Waals surface area contributed by atoms with Crippen LogP contribution in [0.15, 0.2) is 48.5 Å². The number of benzene rings is 2. The van der Waals surface area contributed by atoms with Gasteiger partial charge in [-0.1, -0.05) is 12.1 Å². The summed E-state index contributed by atoms with van der Waals surface area (Å²) in [5, 5.41) is 2.85. The summed E-state index contributed by atoms with van der Waals surface area (Å²) < 4.78 is 19.0. The van der Waals surface area contributed by atoms with Crippen LogP contribution >= 0.6 is 0 Å². The monoisotopic (exact) mass is 425 g/mol. The van der Waals surface area contributed by atoms with Gasteiger partial charge in [-0.3, -0.25) is 9.59 Å². The zero-order valence-electron chi connectivity index (χ0n) is 17.6. The lowest BCUT2D eigenvalue weighted by molar-refractivity contribution is -0.131. The fourth-order valence-corrected chi connectivity index (χ4v) is 3.83. The van der Waals surface area contributed by atoms with Crippen LogP contribution in [0.25, 0.3) is 0 Å². The first kappa shape index (κ1) is 21.2. The van der Waals surface area contributed by atoms with Crippen LogP contribution in [0.1, 0.15) is 36.0 Å². The van der Waals surface area contributed by atoms with Gasteiger partial charge in [-0.15, -0.1) is 0 Å². The Labute approximate surface area is 182 Å². The predicted octanol–water partition coefficient (Wildman–Crippen LogP) is 3.23. The molecule has 2 fully saturated rings. The Hall–Kier alpha value is -3.09. The number of nitrogens with one attached hydrogen (secondary N) is 1. The van der Waals surface area contributed by atoms with Gasteiger partial charge in [-0.25, -0.2) is 4.39 Å². The summed E-state index contributed by atoms with van der Waals surface area (Å²) in [5.74, 6) is 0.159. The van der Waals surface area contributed by atoms with Crippen molar-refractivity contribution in [2.24, 2.45) is 0 Å². The number of hydrogen-bond acceptors (Lipinski definition) is 4. The van der Waals surface area contributed by atoms with Gasteiger partial charge >= 0.3 is 0 Å². The van der Waals surface area contributed by atoms with Crippen LogP contribution in [0, 0.1) is 5.82 Å². The highest BCUT2D eigenvalue weighted by Crippen LogP contribution is 2.27. The second kappa shape index (κ2) is 9.81. The molecule has 2 aromatic carbocycles. The van der Waals surface area contributed by atoms with E-state index < -0.39 is 0 Å². The van der Waals surface area contributed by atoms with Crippen LogP contribution in [0.3, 0.4) is 0 Å². The number of ether oxygens (including phenoxy) is 1. The van der Waals surface area contributed by atoms with E-state index in [4.69, 9.17) is 4.74 Å². The molecule has 1 heterocycles. The number of carbonyl (C=O) groups excluding carboxylic acids is 2. The highest BCUT2D eigenvalue weighted by molar-refractivity contribution is 5.97. The van der Waals surface area contributed by atoms with Crippen molar-refractivity contribution < 1.29 is 18.7 Å². The molecule has 6 nitrogen and oxygen atoms in total. The smallest absolute Gasteiger partial charge is 0.255 e. The molecule has 2 amide bonds. The van der Waals surface area contributed by atoms with E-state index >= 15 is 0 Å². The molecule has 1 aliphatic carbocycles. The van der Waals surface area contributed by atoms with Gasteiger partial charge in [0.2, 0.25) is 5.91 Å². The van der Waals surface area contributed by atoms with Crippen molar-refractivity contribution in [3.8, 4) is 5.75 Å². The minimum atomic E-state index is -0.253. The van der Waals surface area contributed by atoms with E-state index in [1.165, 1.54) is 18.6 Å². The lowest BCUT2D eigenvalue weighted by Crippen LogP contribution is -2.49. The van der Waals surface area contributed by atoms with Crippen LogP contribution in [-0.4, -0.2) is 55.5 Å². The van der Waals surface area contributed by atoms with Gasteiger partial charge in [-0.2, -0.15) is 0 Å². The maximum absolute atomic E-state index is 13.1. The lowest BCUT2D eigenvalue weighted by atomic mass is 9.96. The average molecular weight is 426 g/mol. The van der Waals surface area contributed by atoms with Gasteiger partial charge in [0.1, 0.15) is 11.6 Å². The third kappa shape index (κ3) is 5.34. The number of hydrogen-bond donors (Lipinski definition) is 1. The predicted molar refractivity (Wildman–Crippen MR) is 117 cm³/mol. The molecule has 1 aliphatic heterocycles. The number of anilines is 1. The molecule has 1 N–H and O–H groups in total. The van der Waals surface area contributed by atoms with Crippen molar-refractivity contribution in [1.82, 2.24) is 10.2 Å². The SMILES string of the molecule is O=C(NCCC(=O)N1CCN(c2ccc(F)cc2)CC1)c1ccccc1OC1CCC1. The second-order valence-corrected chi connectivity index (χ2v) is 8.02. The van der Waals surface area contributed by atoms with Crippen LogP contribution in [0.2, 0.25) is 0 Å². The van der Waals surface area contributed by atoms with Crippen molar-refractivity contribution in [3.63, 3.8) is 0 Å². The molecule has 0 atom stereocenters. The number of para-hydroxylation sites is 1. The van der Waals surface area contributed by atoms with E-state index in [0.717, 1.165) is 18.5 Å². The third-order valence-corrected chi connectivity index (χ3v) is 5.93. The molecule has 0 radical (unpaired) electrons. The normalized spacial score (nSPS) is 16.5. The highest BCUT2D eigenvalue weighted by atomic mass is 19.1. The Balaban J connectivity index is 1.22. The van der Waals surface area contributed by atoms with Crippen molar-refractivity contribution in [3.05, 3.63) is 59.9 Å². The first-order valence-corrected chi connectivity index (χ1v) is 10.9. The van der Waals surface area contributed by atoms with Gasteiger partial charge < -0.3 is 19.9 Å². The molecule has 7 heteroatoms. The molecule has 2 aliphatic rings. The number of rotatable bonds is 7. The summed E-state index contributed by atoms with van der Waals surface area (Å²) in [4.78, 5) is 29.1. The van der Waals surface area contributed by atoms with Crippen LogP contribution in [-0.2, 0) is 4.79 Å². The van der Waals surface area contributed by atoms with E-state index in [1.54, 1.807) is 18.2 Å². The Morgan fingerprint density at radius 1 is 1.00 bits per heavy atom. The van der Waals surface area contributed by atoms with Crippen molar-refractivity contribution >= 4 is 17.5 Å². The van der Waals surface area contributed by atoms with E-state index in [-0.39, 0.29) is 36.7 Å². The van der Waals surface area contributed by atoms with E-state index in [1.807, 2.05) is 23.1 Å². The molecule has 0 aromatic heterocycles. The molecule has 2 aromatic rings. The zero-order chi connectivity index (χ0) is 21.6. The first-order chi connectivity index (χ1) is 15.1. The second-order valence-electron chi connectivity index (χ2n) is 8.02. The van der Waals surface area contributed by atoms with E-state index in [0.29, 0.717) is 37.5 Å². The maximum atomic E-state index is 13.1. The Kier molecular flexibility index (Phi) is 6.70. The van der Waals surface area contributed by atoms with Crippen molar-refractivity contribution in [2.75, 3.05) is 37.6 Å². The van der Waals surface area contributed by atoms with Crippen molar-refractivity contribution in [2.45, 2.75) is 31.8 Å². The molecule has 0 unspecified atom stereocenters. The highest BCUT2D eigenvalue weighted by Gasteiger charge is 2.23. The fourth-order valence-electron chi connectivity index (χ4n) is 3.83. The minimum Gasteiger partial charge on any atom is -0.490 e. The third-order valence-electron chi connectivity index (χ3n) is 5.93. The van der Waals surface area contributed by atoms with Gasteiger partial charge in [0.05, 0.1) is 11.7 Å². The first-order valence-electron chi connectivity index (χ1n) is 10.9. The number of halogens is 1. The van der Waals surface area contributed by atoms with Gasteiger partial charge in [0.15, 0.2) is 0 Å². The molecule has 0 bridgehead atoms. The minimum absolute atomic E-state index is 0.0260.